The van der Waals surface area contributed by atoms with Gasteiger partial charge in [0.2, 0.25) is 5.91 Å². The van der Waals surface area contributed by atoms with E-state index < -0.39 is 46.8 Å². The molecule has 1 aliphatic carbocycles. The molecular formula is C14H20F3NO3. The van der Waals surface area contributed by atoms with E-state index in [9.17, 15) is 22.8 Å². The van der Waals surface area contributed by atoms with Crippen LogP contribution in [0.2, 0.25) is 0 Å². The zero-order valence-electron chi connectivity index (χ0n) is 12.5. The Kier molecular flexibility index (Phi) is 3.35. The van der Waals surface area contributed by atoms with Gasteiger partial charge >= 0.3 is 12.1 Å². The summed E-state index contributed by atoms with van der Waals surface area (Å²) in [6, 6.07) is 0. The molecule has 21 heavy (non-hydrogen) atoms. The second kappa shape index (κ2) is 4.36. The quantitative estimate of drug-likeness (QED) is 0.853. The van der Waals surface area contributed by atoms with Gasteiger partial charge < -0.3 is 10.0 Å². The SMILES string of the molecule is CC1(C)[C@H](C(=O)O)[C@@H]1C(=O)N1CCC(C(F)(F)F)C1(C)C. The number of hydrogen-bond acceptors (Lipinski definition) is 2. The van der Waals surface area contributed by atoms with Crippen molar-refractivity contribution >= 4 is 11.9 Å². The Morgan fingerprint density at radius 2 is 1.67 bits per heavy atom. The second-order valence-corrected chi connectivity index (χ2v) is 7.14. The molecule has 0 aromatic carbocycles. The molecule has 1 aliphatic heterocycles. The maximum atomic E-state index is 13.0. The summed E-state index contributed by atoms with van der Waals surface area (Å²) in [5, 5.41) is 9.11. The summed E-state index contributed by atoms with van der Waals surface area (Å²) in [6.07, 6.45) is -4.49. The third-order valence-corrected chi connectivity index (χ3v) is 5.21. The number of carboxylic acid groups (broad SMARTS) is 1. The molecule has 2 aliphatic rings. The molecule has 0 bridgehead atoms. The highest BCUT2D eigenvalue weighted by Gasteiger charge is 2.68. The lowest BCUT2D eigenvalue weighted by Gasteiger charge is -2.37. The van der Waals surface area contributed by atoms with E-state index in [0.29, 0.717) is 0 Å². The molecule has 4 nitrogen and oxygen atoms in total. The number of amides is 1. The molecule has 7 heteroatoms. The second-order valence-electron chi connectivity index (χ2n) is 7.14. The predicted molar refractivity (Wildman–Crippen MR) is 68.4 cm³/mol. The van der Waals surface area contributed by atoms with Crippen molar-refractivity contribution < 1.29 is 27.9 Å². The number of carboxylic acids is 1. The van der Waals surface area contributed by atoms with Crippen molar-refractivity contribution in [3.05, 3.63) is 0 Å². The van der Waals surface area contributed by atoms with Gasteiger partial charge in [-0.25, -0.2) is 0 Å². The fourth-order valence-electron chi connectivity index (χ4n) is 3.77. The largest absolute Gasteiger partial charge is 0.481 e. The first-order valence-electron chi connectivity index (χ1n) is 6.94. The third kappa shape index (κ3) is 2.30. The van der Waals surface area contributed by atoms with Crippen molar-refractivity contribution in [3.8, 4) is 0 Å². The highest BCUT2D eigenvalue weighted by Crippen LogP contribution is 2.60. The Morgan fingerprint density at radius 1 is 1.14 bits per heavy atom. The fourth-order valence-corrected chi connectivity index (χ4v) is 3.77. The maximum Gasteiger partial charge on any atom is 0.394 e. The minimum Gasteiger partial charge on any atom is -0.481 e. The Morgan fingerprint density at radius 3 is 2.00 bits per heavy atom. The summed E-state index contributed by atoms with van der Waals surface area (Å²) in [6.45, 7) is 6.16. The van der Waals surface area contributed by atoms with Crippen molar-refractivity contribution in [2.24, 2.45) is 23.2 Å². The molecule has 120 valence electrons. The molecule has 2 fully saturated rings. The van der Waals surface area contributed by atoms with E-state index >= 15 is 0 Å². The summed E-state index contributed by atoms with van der Waals surface area (Å²) in [5.74, 6) is -4.65. The summed E-state index contributed by atoms with van der Waals surface area (Å²) in [5.41, 5.74) is -2.04. The molecule has 0 radical (unpaired) electrons. The first-order valence-corrected chi connectivity index (χ1v) is 6.94. The number of alkyl halides is 3. The number of rotatable bonds is 2. The van der Waals surface area contributed by atoms with E-state index in [4.69, 9.17) is 5.11 Å². The van der Waals surface area contributed by atoms with Crippen molar-refractivity contribution in [2.75, 3.05) is 6.54 Å². The van der Waals surface area contributed by atoms with Crippen LogP contribution >= 0.6 is 0 Å². The van der Waals surface area contributed by atoms with E-state index in [1.165, 1.54) is 18.7 Å². The fraction of sp³-hybridized carbons (Fsp3) is 0.857. The van der Waals surface area contributed by atoms with Gasteiger partial charge in [0.1, 0.15) is 0 Å². The van der Waals surface area contributed by atoms with Gasteiger partial charge in [-0.05, 0) is 25.7 Å². The number of nitrogens with zero attached hydrogens (tertiary/aromatic N) is 1. The first kappa shape index (κ1) is 16.1. The summed E-state index contributed by atoms with van der Waals surface area (Å²) in [7, 11) is 0. The number of carbonyl (C=O) groups is 2. The van der Waals surface area contributed by atoms with Gasteiger partial charge in [0, 0.05) is 12.1 Å². The zero-order chi connectivity index (χ0) is 16.4. The number of carbonyl (C=O) groups excluding carboxylic acids is 1. The Bertz CT molecular complexity index is 484. The molecule has 3 atom stereocenters. The highest BCUT2D eigenvalue weighted by atomic mass is 19.4. The van der Waals surface area contributed by atoms with Crippen LogP contribution in [0.5, 0.6) is 0 Å². The van der Waals surface area contributed by atoms with Crippen LogP contribution in [0.15, 0.2) is 0 Å². The molecule has 1 amide bonds. The van der Waals surface area contributed by atoms with E-state index in [1.54, 1.807) is 13.8 Å². The van der Waals surface area contributed by atoms with Crippen molar-refractivity contribution in [2.45, 2.75) is 45.8 Å². The van der Waals surface area contributed by atoms with Gasteiger partial charge in [0.25, 0.3) is 0 Å². The van der Waals surface area contributed by atoms with Gasteiger partial charge in [0.15, 0.2) is 0 Å². The molecule has 1 saturated heterocycles. The first-order chi connectivity index (χ1) is 9.33. The molecule has 1 heterocycles. The smallest absolute Gasteiger partial charge is 0.394 e. The van der Waals surface area contributed by atoms with Crippen LogP contribution in [-0.2, 0) is 9.59 Å². The minimum atomic E-state index is -4.36. The summed E-state index contributed by atoms with van der Waals surface area (Å²) < 4.78 is 39.1. The molecule has 1 unspecified atom stereocenters. The van der Waals surface area contributed by atoms with Crippen LogP contribution in [-0.4, -0.2) is 40.1 Å². The molecule has 1 N–H and O–H groups in total. The Hall–Kier alpha value is -1.27. The molecule has 2 rings (SSSR count). The molecular weight excluding hydrogens is 287 g/mol. The standard InChI is InChI=1S/C14H20F3NO3/c1-12(2)8(9(12)11(20)21)10(19)18-6-5-7(13(18,3)4)14(15,16)17/h7-9H,5-6H2,1-4H3,(H,20,21)/t7?,8-,9+/m1/s1. The lowest BCUT2D eigenvalue weighted by Crippen LogP contribution is -2.50. The van der Waals surface area contributed by atoms with Gasteiger partial charge in [-0.3, -0.25) is 9.59 Å². The van der Waals surface area contributed by atoms with Crippen molar-refractivity contribution in [1.82, 2.24) is 4.90 Å². The molecule has 0 aromatic heterocycles. The number of aliphatic carboxylic acids is 1. The Balaban J connectivity index is 2.21. The van der Waals surface area contributed by atoms with Crippen LogP contribution in [0.1, 0.15) is 34.1 Å². The van der Waals surface area contributed by atoms with E-state index in [0.717, 1.165) is 0 Å². The number of halogens is 3. The number of likely N-dealkylation sites (tertiary alicyclic amines) is 1. The topological polar surface area (TPSA) is 57.6 Å². The van der Waals surface area contributed by atoms with Crippen molar-refractivity contribution in [3.63, 3.8) is 0 Å². The lowest BCUT2D eigenvalue weighted by molar-refractivity contribution is -0.192. The normalized spacial score (nSPS) is 33.9. The number of hydrogen-bond donors (Lipinski definition) is 1. The summed E-state index contributed by atoms with van der Waals surface area (Å²) in [4.78, 5) is 24.9. The van der Waals surface area contributed by atoms with Crippen LogP contribution in [0.3, 0.4) is 0 Å². The van der Waals surface area contributed by atoms with Gasteiger partial charge in [0.05, 0.1) is 17.8 Å². The lowest BCUT2D eigenvalue weighted by atomic mass is 9.87. The monoisotopic (exact) mass is 307 g/mol. The van der Waals surface area contributed by atoms with Gasteiger partial charge in [-0.1, -0.05) is 13.8 Å². The van der Waals surface area contributed by atoms with Crippen LogP contribution in [0.25, 0.3) is 0 Å². The van der Waals surface area contributed by atoms with E-state index in [1.807, 2.05) is 0 Å². The molecule has 0 spiro atoms. The zero-order valence-corrected chi connectivity index (χ0v) is 12.5. The van der Waals surface area contributed by atoms with Crippen LogP contribution in [0, 0.1) is 23.2 Å². The Labute approximate surface area is 121 Å². The van der Waals surface area contributed by atoms with Crippen LogP contribution < -0.4 is 0 Å². The van der Waals surface area contributed by atoms with Crippen LogP contribution in [0.4, 0.5) is 13.2 Å². The third-order valence-electron chi connectivity index (χ3n) is 5.21. The average molecular weight is 307 g/mol. The van der Waals surface area contributed by atoms with Gasteiger partial charge in [-0.2, -0.15) is 13.2 Å². The summed E-state index contributed by atoms with van der Waals surface area (Å²) >= 11 is 0. The molecule has 1 saturated carbocycles. The minimum absolute atomic E-state index is 0.0227. The predicted octanol–water partition coefficient (Wildman–Crippen LogP) is 2.53. The highest BCUT2D eigenvalue weighted by molar-refractivity contribution is 5.92. The van der Waals surface area contributed by atoms with E-state index in [-0.39, 0.29) is 13.0 Å². The molecule has 0 aromatic rings. The van der Waals surface area contributed by atoms with E-state index in [2.05, 4.69) is 0 Å². The van der Waals surface area contributed by atoms with Crippen molar-refractivity contribution in [1.29, 1.82) is 0 Å². The maximum absolute atomic E-state index is 13.0. The average Bonchev–Trinajstić information content (AvgIpc) is 2.68. The van der Waals surface area contributed by atoms with Gasteiger partial charge in [-0.15, -0.1) is 0 Å².